The molecular formula is C19H17BrN2O4S2. The van der Waals surface area contributed by atoms with E-state index in [9.17, 15) is 13.2 Å². The Labute approximate surface area is 174 Å². The number of hydrogen-bond donors (Lipinski definition) is 1. The lowest BCUT2D eigenvalue weighted by atomic mass is 9.39. The topological polar surface area (TPSA) is 89.3 Å². The van der Waals surface area contributed by atoms with E-state index in [0.29, 0.717) is 0 Å². The number of furan rings is 1. The van der Waals surface area contributed by atoms with Crippen molar-refractivity contribution in [3.63, 3.8) is 0 Å². The Morgan fingerprint density at radius 3 is 2.75 bits per heavy atom. The molecule has 1 amide bonds. The molecule has 0 aliphatic heterocycles. The zero-order valence-corrected chi connectivity index (χ0v) is 18.2. The molecule has 1 aromatic carbocycles. The van der Waals surface area contributed by atoms with Crippen molar-refractivity contribution >= 4 is 53.2 Å². The predicted octanol–water partition coefficient (Wildman–Crippen LogP) is 3.80. The lowest BCUT2D eigenvalue weighted by Gasteiger charge is -2.69. The molecule has 3 aliphatic rings. The molecule has 0 unspecified atom stereocenters. The maximum absolute atomic E-state index is 12.5. The van der Waals surface area contributed by atoms with Gasteiger partial charge in [0.05, 0.1) is 10.2 Å². The minimum atomic E-state index is -3.20. The van der Waals surface area contributed by atoms with Gasteiger partial charge < -0.3 is 9.73 Å². The zero-order valence-electron chi connectivity index (χ0n) is 15.0. The minimum Gasteiger partial charge on any atom is -0.455 e. The third-order valence-corrected chi connectivity index (χ3v) is 8.07. The quantitative estimate of drug-likeness (QED) is 0.599. The van der Waals surface area contributed by atoms with Gasteiger partial charge in [0, 0.05) is 21.7 Å². The van der Waals surface area contributed by atoms with Crippen LogP contribution in [0.5, 0.6) is 0 Å². The normalized spacial score (nSPS) is 25.9. The Morgan fingerprint density at radius 1 is 1.29 bits per heavy atom. The van der Waals surface area contributed by atoms with Crippen LogP contribution in [-0.4, -0.2) is 31.1 Å². The summed E-state index contributed by atoms with van der Waals surface area (Å²) in [7, 11) is -3.20. The Kier molecular flexibility index (Phi) is 3.86. The van der Waals surface area contributed by atoms with Gasteiger partial charge >= 0.3 is 0 Å². The molecule has 3 fully saturated rings. The molecule has 0 radical (unpaired) electrons. The summed E-state index contributed by atoms with van der Waals surface area (Å²) in [5.41, 5.74) is 0.896. The molecule has 6 nitrogen and oxygen atoms in total. The molecule has 2 heterocycles. The third-order valence-electron chi connectivity index (χ3n) is 5.50. The number of halogens is 1. The van der Waals surface area contributed by atoms with Crippen LogP contribution in [-0.2, 0) is 21.0 Å². The second-order valence-corrected chi connectivity index (χ2v) is 12.1. The van der Waals surface area contributed by atoms with Gasteiger partial charge in [0.15, 0.2) is 15.6 Å². The summed E-state index contributed by atoms with van der Waals surface area (Å²) in [4.78, 5) is 17.3. The van der Waals surface area contributed by atoms with Crippen molar-refractivity contribution in [2.45, 2.75) is 36.0 Å². The van der Waals surface area contributed by atoms with Crippen molar-refractivity contribution in [2.75, 3.05) is 6.26 Å². The van der Waals surface area contributed by atoms with Crippen molar-refractivity contribution in [3.05, 3.63) is 51.3 Å². The zero-order chi connectivity index (χ0) is 19.7. The molecular weight excluding hydrogens is 464 g/mol. The van der Waals surface area contributed by atoms with E-state index in [4.69, 9.17) is 9.40 Å². The summed E-state index contributed by atoms with van der Waals surface area (Å²) in [5, 5.41) is 4.22. The third kappa shape index (κ3) is 3.00. The van der Waals surface area contributed by atoms with Gasteiger partial charge in [-0.2, -0.15) is 0 Å². The molecule has 0 saturated heterocycles. The smallest absolute Gasteiger partial charge is 0.287 e. The van der Waals surface area contributed by atoms with Crippen LogP contribution < -0.4 is 5.32 Å². The average Bonchev–Trinajstić information content (AvgIpc) is 3.13. The van der Waals surface area contributed by atoms with Gasteiger partial charge in [-0.15, -0.1) is 11.3 Å². The highest BCUT2D eigenvalue weighted by atomic mass is 79.9. The lowest BCUT2D eigenvalue weighted by molar-refractivity contribution is -0.0811. The molecule has 1 N–H and O–H groups in total. The number of carbonyl (C=O) groups is 1. The standard InChI is InChI=1S/C19H17BrN2O4S2/c1-28(24,25)7-12-3-5-14(26-12)16(23)22-19-8-18(9-19,10-19)17-21-13-4-2-11(20)6-15(13)27-17/h2-6H,7-10H2,1H3,(H,22,23). The molecule has 146 valence electrons. The number of hydrogen-bond acceptors (Lipinski definition) is 6. The first-order valence-corrected chi connectivity index (χ1v) is 12.5. The second-order valence-electron chi connectivity index (χ2n) is 8.01. The summed E-state index contributed by atoms with van der Waals surface area (Å²) in [6.45, 7) is 0. The predicted molar refractivity (Wildman–Crippen MR) is 110 cm³/mol. The first-order chi connectivity index (χ1) is 13.2. The molecule has 3 aliphatic carbocycles. The summed E-state index contributed by atoms with van der Waals surface area (Å²) < 4.78 is 30.3. The van der Waals surface area contributed by atoms with Gasteiger partial charge in [-0.05, 0) is 49.6 Å². The van der Waals surface area contributed by atoms with E-state index >= 15 is 0 Å². The molecule has 3 aromatic rings. The molecule has 2 bridgehead atoms. The molecule has 0 atom stereocenters. The van der Waals surface area contributed by atoms with Crippen molar-refractivity contribution in [3.8, 4) is 0 Å². The fourth-order valence-corrected chi connectivity index (χ4v) is 6.79. The molecule has 9 heteroatoms. The number of carbonyl (C=O) groups excluding carboxylic acids is 1. The monoisotopic (exact) mass is 480 g/mol. The molecule has 0 spiro atoms. The fraction of sp³-hybridized carbons (Fsp3) is 0.368. The Balaban J connectivity index is 1.26. The van der Waals surface area contributed by atoms with E-state index in [1.807, 2.05) is 12.1 Å². The van der Waals surface area contributed by atoms with Crippen molar-refractivity contribution < 1.29 is 17.6 Å². The SMILES string of the molecule is CS(=O)(=O)Cc1ccc(C(=O)NC23CC(c4nc5ccc(Br)cc5s4)(C2)C3)o1. The van der Waals surface area contributed by atoms with Crippen LogP contribution in [0, 0.1) is 0 Å². The van der Waals surface area contributed by atoms with Crippen LogP contribution >= 0.6 is 27.3 Å². The molecule has 28 heavy (non-hydrogen) atoms. The maximum Gasteiger partial charge on any atom is 0.287 e. The molecule has 6 rings (SSSR count). The first kappa shape index (κ1) is 18.3. The second kappa shape index (κ2) is 5.90. The van der Waals surface area contributed by atoms with Gasteiger partial charge in [0.1, 0.15) is 16.5 Å². The number of thiazole rings is 1. The van der Waals surface area contributed by atoms with Gasteiger partial charge in [-0.3, -0.25) is 4.79 Å². The highest BCUT2D eigenvalue weighted by Crippen LogP contribution is 2.68. The van der Waals surface area contributed by atoms with Gasteiger partial charge in [-0.1, -0.05) is 15.9 Å². The van der Waals surface area contributed by atoms with E-state index in [2.05, 4.69) is 27.3 Å². The summed E-state index contributed by atoms with van der Waals surface area (Å²) in [6.07, 6.45) is 3.77. The highest BCUT2D eigenvalue weighted by molar-refractivity contribution is 9.10. The number of aromatic nitrogens is 1. The first-order valence-electron chi connectivity index (χ1n) is 8.81. The fourth-order valence-electron chi connectivity index (χ4n) is 4.41. The van der Waals surface area contributed by atoms with Crippen molar-refractivity contribution in [2.24, 2.45) is 0 Å². The number of sulfone groups is 1. The number of nitrogens with one attached hydrogen (secondary N) is 1. The largest absolute Gasteiger partial charge is 0.455 e. The van der Waals surface area contributed by atoms with Gasteiger partial charge in [-0.25, -0.2) is 13.4 Å². The average molecular weight is 481 g/mol. The Bertz CT molecular complexity index is 1210. The Morgan fingerprint density at radius 2 is 2.04 bits per heavy atom. The van der Waals surface area contributed by atoms with Crippen LogP contribution in [0.3, 0.4) is 0 Å². The van der Waals surface area contributed by atoms with E-state index < -0.39 is 9.84 Å². The van der Waals surface area contributed by atoms with Crippen LogP contribution in [0.2, 0.25) is 0 Å². The number of fused-ring (bicyclic) bond motifs is 1. The van der Waals surface area contributed by atoms with Gasteiger partial charge in [0.25, 0.3) is 5.91 Å². The number of benzene rings is 1. The number of amides is 1. The summed E-state index contributed by atoms with van der Waals surface area (Å²) in [5.74, 6) is -0.0617. The summed E-state index contributed by atoms with van der Waals surface area (Å²) in [6, 6.07) is 9.18. The van der Waals surface area contributed by atoms with E-state index in [1.54, 1.807) is 17.4 Å². The van der Waals surface area contributed by atoms with Crippen LogP contribution in [0.4, 0.5) is 0 Å². The lowest BCUT2D eigenvalue weighted by Crippen LogP contribution is -2.76. The van der Waals surface area contributed by atoms with Crippen LogP contribution in [0.15, 0.2) is 39.2 Å². The molecule has 2 aromatic heterocycles. The molecule has 3 saturated carbocycles. The highest BCUT2D eigenvalue weighted by Gasteiger charge is 2.70. The maximum atomic E-state index is 12.5. The van der Waals surface area contributed by atoms with E-state index in [-0.39, 0.29) is 34.1 Å². The van der Waals surface area contributed by atoms with Crippen LogP contribution in [0.1, 0.15) is 40.6 Å². The number of rotatable bonds is 5. The minimum absolute atomic E-state index is 0.0774. The van der Waals surface area contributed by atoms with Crippen molar-refractivity contribution in [1.29, 1.82) is 0 Å². The summed E-state index contributed by atoms with van der Waals surface area (Å²) >= 11 is 5.22. The van der Waals surface area contributed by atoms with Crippen LogP contribution in [0.25, 0.3) is 10.2 Å². The van der Waals surface area contributed by atoms with Crippen molar-refractivity contribution in [1.82, 2.24) is 10.3 Å². The van der Waals surface area contributed by atoms with Gasteiger partial charge in [0.2, 0.25) is 0 Å². The number of nitrogens with zero attached hydrogens (tertiary/aromatic N) is 1. The van der Waals surface area contributed by atoms with E-state index in [0.717, 1.165) is 40.5 Å². The van der Waals surface area contributed by atoms with E-state index in [1.165, 1.54) is 10.8 Å². The Hall–Kier alpha value is -1.71.